The predicted octanol–water partition coefficient (Wildman–Crippen LogP) is 3.69. The van der Waals surface area contributed by atoms with Crippen LogP contribution < -0.4 is 9.62 Å². The second-order valence-electron chi connectivity index (χ2n) is 7.40. The summed E-state index contributed by atoms with van der Waals surface area (Å²) >= 11 is 5.89. The van der Waals surface area contributed by atoms with Gasteiger partial charge in [-0.2, -0.15) is 0 Å². The fourth-order valence-corrected chi connectivity index (χ4v) is 5.29. The van der Waals surface area contributed by atoms with Crippen molar-refractivity contribution in [2.24, 2.45) is 0 Å². The molecule has 3 aromatic rings. The third kappa shape index (κ3) is 4.54. The lowest BCUT2D eigenvalue weighted by molar-refractivity contribution is 0.0944. The van der Waals surface area contributed by atoms with Crippen molar-refractivity contribution < 1.29 is 18.0 Å². The van der Waals surface area contributed by atoms with E-state index in [0.29, 0.717) is 29.2 Å². The van der Waals surface area contributed by atoms with Crippen molar-refractivity contribution in [3.8, 4) is 0 Å². The Balaban J connectivity index is 1.44. The molecule has 0 aromatic heterocycles. The van der Waals surface area contributed by atoms with Gasteiger partial charge in [0.15, 0.2) is 5.78 Å². The van der Waals surface area contributed by atoms with Crippen molar-refractivity contribution in [1.29, 1.82) is 0 Å². The second-order valence-corrected chi connectivity index (χ2v) is 9.85. The summed E-state index contributed by atoms with van der Waals surface area (Å²) in [4.78, 5) is 25.6. The van der Waals surface area contributed by atoms with Gasteiger partial charge in [0.1, 0.15) is 0 Å². The minimum absolute atomic E-state index is 0.0662. The van der Waals surface area contributed by atoms with E-state index in [-0.39, 0.29) is 29.2 Å². The molecule has 0 fully saturated rings. The Morgan fingerprint density at radius 3 is 2.31 bits per heavy atom. The van der Waals surface area contributed by atoms with E-state index in [2.05, 4.69) is 5.32 Å². The molecule has 4 rings (SSSR count). The van der Waals surface area contributed by atoms with Crippen molar-refractivity contribution >= 4 is 39.0 Å². The molecule has 6 nitrogen and oxygen atoms in total. The first-order chi connectivity index (χ1) is 15.4. The Bertz CT molecular complexity index is 1270. The molecule has 0 bridgehead atoms. The van der Waals surface area contributed by atoms with Gasteiger partial charge < -0.3 is 5.32 Å². The van der Waals surface area contributed by atoms with Gasteiger partial charge >= 0.3 is 0 Å². The molecule has 0 spiro atoms. The van der Waals surface area contributed by atoms with Crippen molar-refractivity contribution in [2.45, 2.75) is 6.42 Å². The first kappa shape index (κ1) is 22.0. The summed E-state index contributed by atoms with van der Waals surface area (Å²) < 4.78 is 27.0. The maximum Gasteiger partial charge on any atom is 0.252 e. The van der Waals surface area contributed by atoms with Crippen LogP contribution in [0.5, 0.6) is 0 Å². The lowest BCUT2D eigenvalue weighted by Gasteiger charge is -2.19. The standard InChI is InChI=1S/C24H21ClN2O4S/c25-19-11-9-18(10-12-19)23(28)20-6-2-3-7-21(20)24(29)26-14-16-32(30,31)27-15-13-17-5-1-4-8-22(17)27/h1-12H,13-16H2,(H,26,29). The summed E-state index contributed by atoms with van der Waals surface area (Å²) in [6.07, 6.45) is 0.669. The van der Waals surface area contributed by atoms with E-state index in [0.717, 1.165) is 5.56 Å². The van der Waals surface area contributed by atoms with Gasteiger partial charge in [0.05, 0.1) is 17.0 Å². The maximum atomic E-state index is 12.9. The van der Waals surface area contributed by atoms with E-state index < -0.39 is 15.9 Å². The van der Waals surface area contributed by atoms with Gasteiger partial charge in [-0.05, 0) is 48.4 Å². The topological polar surface area (TPSA) is 83.6 Å². The molecule has 32 heavy (non-hydrogen) atoms. The number of carbonyl (C=O) groups excluding carboxylic acids is 2. The molecule has 0 saturated heterocycles. The molecule has 164 valence electrons. The monoisotopic (exact) mass is 468 g/mol. The van der Waals surface area contributed by atoms with Crippen LogP contribution in [0.3, 0.4) is 0 Å². The van der Waals surface area contributed by atoms with Crippen LogP contribution in [0.25, 0.3) is 0 Å². The molecule has 0 radical (unpaired) electrons. The van der Waals surface area contributed by atoms with Gasteiger partial charge in [-0.3, -0.25) is 13.9 Å². The maximum absolute atomic E-state index is 12.9. The first-order valence-corrected chi connectivity index (χ1v) is 12.1. The number of nitrogens with one attached hydrogen (secondary N) is 1. The van der Waals surface area contributed by atoms with Crippen LogP contribution in [-0.2, 0) is 16.4 Å². The van der Waals surface area contributed by atoms with Gasteiger partial charge in [0.25, 0.3) is 5.91 Å². The fourth-order valence-electron chi connectivity index (χ4n) is 3.73. The number of fused-ring (bicyclic) bond motifs is 1. The van der Waals surface area contributed by atoms with Crippen LogP contribution in [0.1, 0.15) is 31.8 Å². The van der Waals surface area contributed by atoms with E-state index in [1.807, 2.05) is 18.2 Å². The minimum Gasteiger partial charge on any atom is -0.351 e. The number of amides is 1. The highest BCUT2D eigenvalue weighted by Crippen LogP contribution is 2.29. The van der Waals surface area contributed by atoms with Crippen molar-refractivity contribution in [2.75, 3.05) is 23.1 Å². The number of hydrogen-bond acceptors (Lipinski definition) is 4. The number of sulfonamides is 1. The highest BCUT2D eigenvalue weighted by Gasteiger charge is 2.29. The average molecular weight is 469 g/mol. The van der Waals surface area contributed by atoms with Crippen molar-refractivity contribution in [3.05, 3.63) is 100 Å². The summed E-state index contributed by atoms with van der Waals surface area (Å²) in [6, 6.07) is 20.3. The molecule has 0 unspecified atom stereocenters. The second kappa shape index (κ2) is 9.14. The van der Waals surface area contributed by atoms with Crippen LogP contribution in [0, 0.1) is 0 Å². The molecular weight excluding hydrogens is 448 g/mol. The zero-order valence-electron chi connectivity index (χ0n) is 17.1. The number of halogens is 1. The van der Waals surface area contributed by atoms with Gasteiger partial charge in [-0.25, -0.2) is 8.42 Å². The zero-order chi connectivity index (χ0) is 22.7. The number of rotatable bonds is 7. The summed E-state index contributed by atoms with van der Waals surface area (Å²) in [5.74, 6) is -1.05. The molecule has 0 atom stereocenters. The van der Waals surface area contributed by atoms with Crippen LogP contribution in [0.4, 0.5) is 5.69 Å². The van der Waals surface area contributed by atoms with Crippen LogP contribution in [-0.4, -0.2) is 39.0 Å². The number of nitrogens with zero attached hydrogens (tertiary/aromatic N) is 1. The van der Waals surface area contributed by atoms with Crippen molar-refractivity contribution in [1.82, 2.24) is 5.32 Å². The van der Waals surface area contributed by atoms with E-state index in [1.54, 1.807) is 54.6 Å². The number of para-hydroxylation sites is 1. The molecule has 1 aliphatic rings. The molecule has 1 heterocycles. The molecule has 0 saturated carbocycles. The quantitative estimate of drug-likeness (QED) is 0.536. The third-order valence-electron chi connectivity index (χ3n) is 5.35. The summed E-state index contributed by atoms with van der Waals surface area (Å²) in [6.45, 7) is 0.331. The average Bonchev–Trinajstić information content (AvgIpc) is 3.24. The highest BCUT2D eigenvalue weighted by atomic mass is 35.5. The largest absolute Gasteiger partial charge is 0.351 e. The normalized spacial score (nSPS) is 13.0. The van der Waals surface area contributed by atoms with Gasteiger partial charge in [0, 0.05) is 29.2 Å². The molecule has 1 amide bonds. The van der Waals surface area contributed by atoms with Crippen LogP contribution >= 0.6 is 11.6 Å². The van der Waals surface area contributed by atoms with Crippen molar-refractivity contribution in [3.63, 3.8) is 0 Å². The lowest BCUT2D eigenvalue weighted by Crippen LogP contribution is -2.37. The molecule has 8 heteroatoms. The predicted molar refractivity (Wildman–Crippen MR) is 125 cm³/mol. The highest BCUT2D eigenvalue weighted by molar-refractivity contribution is 7.92. The number of ketones is 1. The van der Waals surface area contributed by atoms with E-state index in [4.69, 9.17) is 11.6 Å². The Kier molecular flexibility index (Phi) is 6.30. The fraction of sp³-hybridized carbons (Fsp3) is 0.167. The van der Waals surface area contributed by atoms with E-state index in [1.165, 1.54) is 4.31 Å². The minimum atomic E-state index is -3.59. The summed E-state index contributed by atoms with van der Waals surface area (Å²) in [5, 5.41) is 3.15. The Labute approximate surface area is 191 Å². The molecule has 1 N–H and O–H groups in total. The van der Waals surface area contributed by atoms with E-state index >= 15 is 0 Å². The summed E-state index contributed by atoms with van der Waals surface area (Å²) in [5.41, 5.74) is 2.53. The molecular formula is C24H21ClN2O4S. The molecule has 1 aliphatic heterocycles. The van der Waals surface area contributed by atoms with Gasteiger partial charge in [-0.1, -0.05) is 48.0 Å². The zero-order valence-corrected chi connectivity index (χ0v) is 18.7. The Hall–Kier alpha value is -3.16. The number of anilines is 1. The number of hydrogen-bond donors (Lipinski definition) is 1. The van der Waals surface area contributed by atoms with Gasteiger partial charge in [-0.15, -0.1) is 0 Å². The van der Waals surface area contributed by atoms with Crippen LogP contribution in [0.2, 0.25) is 5.02 Å². The number of benzene rings is 3. The summed E-state index contributed by atoms with van der Waals surface area (Å²) in [7, 11) is -3.59. The lowest BCUT2D eigenvalue weighted by atomic mass is 9.98. The van der Waals surface area contributed by atoms with E-state index in [9.17, 15) is 18.0 Å². The third-order valence-corrected chi connectivity index (χ3v) is 7.37. The molecule has 0 aliphatic carbocycles. The molecule has 3 aromatic carbocycles. The van der Waals surface area contributed by atoms with Gasteiger partial charge in [0.2, 0.25) is 10.0 Å². The smallest absolute Gasteiger partial charge is 0.252 e. The first-order valence-electron chi connectivity index (χ1n) is 10.1. The Morgan fingerprint density at radius 2 is 1.56 bits per heavy atom. The van der Waals surface area contributed by atoms with Crippen LogP contribution in [0.15, 0.2) is 72.8 Å². The number of carbonyl (C=O) groups is 2. The SMILES string of the molecule is O=C(NCCS(=O)(=O)N1CCc2ccccc21)c1ccccc1C(=O)c1ccc(Cl)cc1. The Morgan fingerprint density at radius 1 is 0.906 bits per heavy atom.